The van der Waals surface area contributed by atoms with Gasteiger partial charge in [0.15, 0.2) is 5.16 Å². The van der Waals surface area contributed by atoms with Gasteiger partial charge in [0.05, 0.1) is 27.4 Å². The van der Waals surface area contributed by atoms with Crippen molar-refractivity contribution in [2.24, 2.45) is 0 Å². The molecule has 0 unspecified atom stereocenters. The number of aryl methyl sites for hydroxylation is 2. The van der Waals surface area contributed by atoms with Crippen LogP contribution in [0, 0.1) is 6.92 Å². The van der Waals surface area contributed by atoms with Crippen LogP contribution in [-0.4, -0.2) is 30.8 Å². The summed E-state index contributed by atoms with van der Waals surface area (Å²) in [5, 5.41) is 12.9. The molecule has 0 aliphatic carbocycles. The normalized spacial score (nSPS) is 11.3. The minimum absolute atomic E-state index is 0.0874. The zero-order valence-electron chi connectivity index (χ0n) is 16.6. The molecule has 1 N–H and O–H groups in total. The molecule has 0 fully saturated rings. The first-order chi connectivity index (χ1) is 14.5. The third-order valence-corrected chi connectivity index (χ3v) is 5.90. The monoisotopic (exact) mass is 441 g/mol. The molecular formula is C21H20ClN5O2S. The van der Waals surface area contributed by atoms with Crippen LogP contribution in [0.4, 0.5) is 5.69 Å². The van der Waals surface area contributed by atoms with E-state index in [0.29, 0.717) is 33.6 Å². The molecule has 1 amide bonds. The molecule has 0 saturated carbocycles. The maximum atomic E-state index is 12.9. The molecule has 7 nitrogen and oxygen atoms in total. The van der Waals surface area contributed by atoms with Crippen molar-refractivity contribution in [1.82, 2.24) is 19.2 Å². The highest BCUT2D eigenvalue weighted by atomic mass is 35.5. The number of amides is 1. The van der Waals surface area contributed by atoms with Crippen molar-refractivity contribution >= 4 is 51.6 Å². The molecule has 154 valence electrons. The second-order valence-electron chi connectivity index (χ2n) is 6.91. The second-order valence-corrected chi connectivity index (χ2v) is 8.26. The Morgan fingerprint density at radius 1 is 1.20 bits per heavy atom. The fourth-order valence-electron chi connectivity index (χ4n) is 3.29. The molecule has 0 aliphatic heterocycles. The molecule has 0 aliphatic rings. The summed E-state index contributed by atoms with van der Waals surface area (Å²) >= 11 is 7.46. The highest BCUT2D eigenvalue weighted by Crippen LogP contribution is 2.25. The molecule has 2 heterocycles. The van der Waals surface area contributed by atoms with Gasteiger partial charge in [-0.05, 0) is 43.2 Å². The Labute approximate surface area is 182 Å². The second kappa shape index (κ2) is 8.49. The number of para-hydroxylation sites is 1. The van der Waals surface area contributed by atoms with Gasteiger partial charge in [-0.15, -0.1) is 10.2 Å². The molecule has 9 heteroatoms. The lowest BCUT2D eigenvalue weighted by molar-refractivity contribution is -0.113. The fraction of sp³-hybridized carbons (Fsp3) is 0.238. The number of hydrogen-bond donors (Lipinski definition) is 1. The van der Waals surface area contributed by atoms with Gasteiger partial charge in [-0.2, -0.15) is 0 Å². The Balaban J connectivity index is 1.65. The third kappa shape index (κ3) is 3.80. The number of thioether (sulfide) groups is 1. The van der Waals surface area contributed by atoms with Gasteiger partial charge >= 0.3 is 0 Å². The quantitative estimate of drug-likeness (QED) is 0.454. The topological polar surface area (TPSA) is 81.3 Å². The molecule has 4 aromatic rings. The van der Waals surface area contributed by atoms with E-state index in [2.05, 4.69) is 15.5 Å². The largest absolute Gasteiger partial charge is 0.324 e. The molecule has 0 spiro atoms. The van der Waals surface area contributed by atoms with Gasteiger partial charge in [-0.1, -0.05) is 48.5 Å². The van der Waals surface area contributed by atoms with E-state index in [0.717, 1.165) is 17.5 Å². The first kappa shape index (κ1) is 20.4. The molecule has 2 aromatic heterocycles. The lowest BCUT2D eigenvalue weighted by atomic mass is 10.2. The summed E-state index contributed by atoms with van der Waals surface area (Å²) in [6, 6.07) is 12.8. The van der Waals surface area contributed by atoms with E-state index in [1.54, 1.807) is 22.8 Å². The van der Waals surface area contributed by atoms with Crippen molar-refractivity contribution in [3.63, 3.8) is 0 Å². The summed E-state index contributed by atoms with van der Waals surface area (Å²) in [6.45, 7) is 4.49. The van der Waals surface area contributed by atoms with Crippen molar-refractivity contribution in [2.45, 2.75) is 32.0 Å². The Morgan fingerprint density at radius 3 is 2.77 bits per heavy atom. The van der Waals surface area contributed by atoms with E-state index in [1.165, 1.54) is 11.8 Å². The highest BCUT2D eigenvalue weighted by molar-refractivity contribution is 7.99. The van der Waals surface area contributed by atoms with E-state index in [9.17, 15) is 9.59 Å². The lowest BCUT2D eigenvalue weighted by Gasteiger charge is -2.10. The zero-order chi connectivity index (χ0) is 21.3. The van der Waals surface area contributed by atoms with Gasteiger partial charge in [-0.25, -0.2) is 0 Å². The van der Waals surface area contributed by atoms with Gasteiger partial charge in [0.2, 0.25) is 11.7 Å². The number of carbonyl (C=O) groups is 1. The molecular weight excluding hydrogens is 422 g/mol. The number of benzene rings is 2. The van der Waals surface area contributed by atoms with Crippen molar-refractivity contribution < 1.29 is 4.79 Å². The standard InChI is InChI=1S/C21H20ClN5O2S/c1-3-10-26-19(29)14-6-4-5-7-17(14)27-20(26)24-25-21(27)30-12-18(28)23-16-9-8-13(2)11-15(16)22/h4-9,11H,3,10,12H2,1-2H3,(H,23,28). The van der Waals surface area contributed by atoms with Crippen LogP contribution in [0.1, 0.15) is 18.9 Å². The maximum Gasteiger partial charge on any atom is 0.262 e. The van der Waals surface area contributed by atoms with Crippen molar-refractivity contribution in [3.8, 4) is 0 Å². The zero-order valence-corrected chi connectivity index (χ0v) is 18.1. The molecule has 4 rings (SSSR count). The predicted molar refractivity (Wildman–Crippen MR) is 121 cm³/mol. The Morgan fingerprint density at radius 2 is 2.00 bits per heavy atom. The number of halogens is 1. The number of anilines is 1. The van der Waals surface area contributed by atoms with E-state index in [-0.39, 0.29) is 17.2 Å². The van der Waals surface area contributed by atoms with Crippen molar-refractivity contribution in [3.05, 3.63) is 63.4 Å². The van der Waals surface area contributed by atoms with Crippen LogP contribution in [0.5, 0.6) is 0 Å². The van der Waals surface area contributed by atoms with Crippen molar-refractivity contribution in [2.75, 3.05) is 11.1 Å². The summed E-state index contributed by atoms with van der Waals surface area (Å²) in [5.41, 5.74) is 2.23. The van der Waals surface area contributed by atoms with Gasteiger partial charge < -0.3 is 5.32 Å². The fourth-order valence-corrected chi connectivity index (χ4v) is 4.31. The van der Waals surface area contributed by atoms with Crippen LogP contribution in [0.15, 0.2) is 52.4 Å². The summed E-state index contributed by atoms with van der Waals surface area (Å²) < 4.78 is 3.47. The van der Waals surface area contributed by atoms with Crippen LogP contribution in [0.2, 0.25) is 5.02 Å². The van der Waals surface area contributed by atoms with Crippen LogP contribution < -0.4 is 10.9 Å². The first-order valence-electron chi connectivity index (χ1n) is 9.55. The Bertz CT molecular complexity index is 1310. The van der Waals surface area contributed by atoms with Crippen LogP contribution >= 0.6 is 23.4 Å². The SMILES string of the molecule is CCCn1c(=O)c2ccccc2n2c(SCC(=O)Nc3ccc(C)cc3Cl)nnc12. The molecule has 0 atom stereocenters. The van der Waals surface area contributed by atoms with E-state index in [4.69, 9.17) is 11.6 Å². The van der Waals surface area contributed by atoms with Gasteiger partial charge in [0, 0.05) is 6.54 Å². The van der Waals surface area contributed by atoms with E-state index >= 15 is 0 Å². The molecule has 2 aromatic carbocycles. The number of hydrogen-bond acceptors (Lipinski definition) is 5. The number of nitrogens with one attached hydrogen (secondary N) is 1. The highest BCUT2D eigenvalue weighted by Gasteiger charge is 2.17. The average Bonchev–Trinajstić information content (AvgIpc) is 3.16. The van der Waals surface area contributed by atoms with E-state index in [1.807, 2.05) is 42.5 Å². The average molecular weight is 442 g/mol. The summed E-state index contributed by atoms with van der Waals surface area (Å²) in [7, 11) is 0. The maximum absolute atomic E-state index is 12.9. The third-order valence-electron chi connectivity index (χ3n) is 4.66. The van der Waals surface area contributed by atoms with E-state index < -0.39 is 0 Å². The predicted octanol–water partition coefficient (Wildman–Crippen LogP) is 4.15. The number of carbonyl (C=O) groups excluding carboxylic acids is 1. The molecule has 0 bridgehead atoms. The van der Waals surface area contributed by atoms with Crippen LogP contribution in [0.25, 0.3) is 16.7 Å². The lowest BCUT2D eigenvalue weighted by Crippen LogP contribution is -2.23. The molecule has 0 saturated heterocycles. The summed E-state index contributed by atoms with van der Waals surface area (Å²) in [5.74, 6) is 0.408. The molecule has 30 heavy (non-hydrogen) atoms. The summed E-state index contributed by atoms with van der Waals surface area (Å²) in [6.07, 6.45) is 0.795. The van der Waals surface area contributed by atoms with Crippen LogP contribution in [0.3, 0.4) is 0 Å². The van der Waals surface area contributed by atoms with Gasteiger partial charge in [0.1, 0.15) is 0 Å². The Hall–Kier alpha value is -2.84. The minimum Gasteiger partial charge on any atom is -0.324 e. The summed E-state index contributed by atoms with van der Waals surface area (Å²) in [4.78, 5) is 25.3. The number of aromatic nitrogens is 4. The van der Waals surface area contributed by atoms with Crippen molar-refractivity contribution in [1.29, 1.82) is 0 Å². The Kier molecular flexibility index (Phi) is 5.78. The number of rotatable bonds is 6. The minimum atomic E-state index is -0.200. The smallest absolute Gasteiger partial charge is 0.262 e. The first-order valence-corrected chi connectivity index (χ1v) is 10.9. The van der Waals surface area contributed by atoms with Gasteiger partial charge in [-0.3, -0.25) is 18.6 Å². The van der Waals surface area contributed by atoms with Crippen LogP contribution in [-0.2, 0) is 11.3 Å². The number of nitrogens with zero attached hydrogens (tertiary/aromatic N) is 4. The number of fused-ring (bicyclic) bond motifs is 3. The van der Waals surface area contributed by atoms with Gasteiger partial charge in [0.25, 0.3) is 5.56 Å². The molecule has 0 radical (unpaired) electrons.